The van der Waals surface area contributed by atoms with E-state index in [0.29, 0.717) is 6.54 Å². The van der Waals surface area contributed by atoms with Gasteiger partial charge in [-0.3, -0.25) is 0 Å². The molecule has 0 fully saturated rings. The first-order valence-corrected chi connectivity index (χ1v) is 6.95. The van der Waals surface area contributed by atoms with Crippen molar-refractivity contribution in [3.63, 3.8) is 0 Å². The predicted molar refractivity (Wildman–Crippen MR) is 97.4 cm³/mol. The van der Waals surface area contributed by atoms with E-state index in [0.717, 1.165) is 18.7 Å². The Kier molecular flexibility index (Phi) is 10.7. The molecular weight excluding hydrogens is 319 g/mol. The fourth-order valence-corrected chi connectivity index (χ4v) is 2.25. The van der Waals surface area contributed by atoms with Crippen molar-refractivity contribution in [3.05, 3.63) is 65.7 Å². The third-order valence-electron chi connectivity index (χ3n) is 3.34. The molecule has 0 aliphatic heterocycles. The van der Waals surface area contributed by atoms with Crippen molar-refractivity contribution in [2.45, 2.75) is 12.5 Å². The lowest BCUT2D eigenvalue weighted by atomic mass is 9.98. The van der Waals surface area contributed by atoms with E-state index in [9.17, 15) is 0 Å². The molecule has 2 aromatic carbocycles. The molecule has 1 atom stereocenters. The quantitative estimate of drug-likeness (QED) is 0.810. The lowest BCUT2D eigenvalue weighted by Gasteiger charge is -2.19. The van der Waals surface area contributed by atoms with Gasteiger partial charge in [0.05, 0.1) is 7.11 Å². The standard InChI is InChI=1S/C17H22N2O.2ClH/c1-20-16-9-7-15(8-10-16)17(19-12-11-18)13-14-5-3-2-4-6-14;;/h2-10,17,19H,11-13,18H2,1H3;2*1H. The number of halogens is 2. The van der Waals surface area contributed by atoms with Gasteiger partial charge in [-0.15, -0.1) is 24.8 Å². The molecule has 0 amide bonds. The van der Waals surface area contributed by atoms with E-state index in [2.05, 4.69) is 41.7 Å². The van der Waals surface area contributed by atoms with E-state index in [1.54, 1.807) is 7.11 Å². The molecule has 1 unspecified atom stereocenters. The molecule has 0 aromatic heterocycles. The Labute approximate surface area is 145 Å². The van der Waals surface area contributed by atoms with Crippen LogP contribution in [0.15, 0.2) is 54.6 Å². The molecule has 0 aliphatic rings. The number of nitrogens with two attached hydrogens (primary N) is 1. The van der Waals surface area contributed by atoms with Gasteiger partial charge >= 0.3 is 0 Å². The first-order valence-electron chi connectivity index (χ1n) is 6.95. The number of benzene rings is 2. The number of hydrogen-bond acceptors (Lipinski definition) is 3. The van der Waals surface area contributed by atoms with Gasteiger partial charge in [-0.1, -0.05) is 42.5 Å². The van der Waals surface area contributed by atoms with Gasteiger partial charge in [0, 0.05) is 19.1 Å². The molecule has 22 heavy (non-hydrogen) atoms. The Morgan fingerprint density at radius 2 is 1.64 bits per heavy atom. The smallest absolute Gasteiger partial charge is 0.118 e. The van der Waals surface area contributed by atoms with Crippen LogP contribution < -0.4 is 15.8 Å². The molecule has 3 N–H and O–H groups in total. The van der Waals surface area contributed by atoms with Crippen LogP contribution in [0.4, 0.5) is 0 Å². The summed E-state index contributed by atoms with van der Waals surface area (Å²) in [6.07, 6.45) is 0.952. The third kappa shape index (κ3) is 6.24. The molecule has 122 valence electrons. The predicted octanol–water partition coefficient (Wildman–Crippen LogP) is 3.37. The number of ether oxygens (including phenoxy) is 1. The summed E-state index contributed by atoms with van der Waals surface area (Å²) in [6.45, 7) is 1.45. The van der Waals surface area contributed by atoms with E-state index >= 15 is 0 Å². The topological polar surface area (TPSA) is 47.3 Å². The van der Waals surface area contributed by atoms with Crippen LogP contribution in [0, 0.1) is 0 Å². The van der Waals surface area contributed by atoms with Gasteiger partial charge in [-0.05, 0) is 29.7 Å². The highest BCUT2D eigenvalue weighted by atomic mass is 35.5. The van der Waals surface area contributed by atoms with E-state index in [-0.39, 0.29) is 30.9 Å². The maximum Gasteiger partial charge on any atom is 0.118 e. The highest BCUT2D eigenvalue weighted by Gasteiger charge is 2.11. The summed E-state index contributed by atoms with van der Waals surface area (Å²) >= 11 is 0. The molecule has 0 spiro atoms. The summed E-state index contributed by atoms with van der Waals surface area (Å²) < 4.78 is 5.21. The zero-order chi connectivity index (χ0) is 14.2. The van der Waals surface area contributed by atoms with Crippen LogP contribution in [0.2, 0.25) is 0 Å². The maximum absolute atomic E-state index is 5.61. The summed E-state index contributed by atoms with van der Waals surface area (Å²) in [5.74, 6) is 0.881. The van der Waals surface area contributed by atoms with Crippen LogP contribution in [0.3, 0.4) is 0 Å². The molecule has 0 radical (unpaired) electrons. The van der Waals surface area contributed by atoms with Crippen LogP contribution >= 0.6 is 24.8 Å². The lowest BCUT2D eigenvalue weighted by Crippen LogP contribution is -2.28. The highest BCUT2D eigenvalue weighted by Crippen LogP contribution is 2.21. The Balaban J connectivity index is 0.00000220. The minimum atomic E-state index is 0. The van der Waals surface area contributed by atoms with Crippen molar-refractivity contribution in [2.24, 2.45) is 5.73 Å². The van der Waals surface area contributed by atoms with Gasteiger partial charge in [-0.25, -0.2) is 0 Å². The van der Waals surface area contributed by atoms with Gasteiger partial charge in [-0.2, -0.15) is 0 Å². The Bertz CT molecular complexity index is 506. The molecule has 2 aromatic rings. The van der Waals surface area contributed by atoms with Crippen LogP contribution in [0.5, 0.6) is 5.75 Å². The van der Waals surface area contributed by atoms with Gasteiger partial charge in [0.15, 0.2) is 0 Å². The van der Waals surface area contributed by atoms with Crippen LogP contribution in [-0.4, -0.2) is 20.2 Å². The summed E-state index contributed by atoms with van der Waals surface area (Å²) in [5.41, 5.74) is 8.18. The molecule has 0 saturated carbocycles. The van der Waals surface area contributed by atoms with E-state index in [4.69, 9.17) is 10.5 Å². The molecule has 0 heterocycles. The number of methoxy groups -OCH3 is 1. The average molecular weight is 343 g/mol. The molecule has 3 nitrogen and oxygen atoms in total. The van der Waals surface area contributed by atoms with E-state index < -0.39 is 0 Å². The van der Waals surface area contributed by atoms with Crippen LogP contribution in [-0.2, 0) is 6.42 Å². The maximum atomic E-state index is 5.61. The highest BCUT2D eigenvalue weighted by molar-refractivity contribution is 5.85. The largest absolute Gasteiger partial charge is 0.497 e. The number of nitrogens with one attached hydrogen (secondary N) is 1. The van der Waals surface area contributed by atoms with E-state index in [1.165, 1.54) is 11.1 Å². The Hall–Kier alpha value is -1.26. The van der Waals surface area contributed by atoms with E-state index in [1.807, 2.05) is 18.2 Å². The first-order chi connectivity index (χ1) is 9.83. The first kappa shape index (κ1) is 20.7. The van der Waals surface area contributed by atoms with Gasteiger partial charge in [0.25, 0.3) is 0 Å². The minimum Gasteiger partial charge on any atom is -0.497 e. The van der Waals surface area contributed by atoms with Crippen molar-refractivity contribution < 1.29 is 4.74 Å². The zero-order valence-electron chi connectivity index (χ0n) is 12.7. The number of hydrogen-bond donors (Lipinski definition) is 2. The van der Waals surface area contributed by atoms with Crippen molar-refractivity contribution in [1.29, 1.82) is 0 Å². The summed E-state index contributed by atoms with van der Waals surface area (Å²) in [4.78, 5) is 0. The van der Waals surface area contributed by atoms with Crippen LogP contribution in [0.25, 0.3) is 0 Å². The summed E-state index contributed by atoms with van der Waals surface area (Å²) in [7, 11) is 1.68. The molecule has 0 saturated heterocycles. The monoisotopic (exact) mass is 342 g/mol. The normalized spacial score (nSPS) is 11.0. The Morgan fingerprint density at radius 1 is 1.00 bits per heavy atom. The average Bonchev–Trinajstić information content (AvgIpc) is 2.52. The van der Waals surface area contributed by atoms with Crippen molar-refractivity contribution in [2.75, 3.05) is 20.2 Å². The fourth-order valence-electron chi connectivity index (χ4n) is 2.25. The fraction of sp³-hybridized carbons (Fsp3) is 0.294. The SMILES string of the molecule is COc1ccc(C(Cc2ccccc2)NCCN)cc1.Cl.Cl. The Morgan fingerprint density at radius 3 is 2.18 bits per heavy atom. The molecule has 0 bridgehead atoms. The van der Waals surface area contributed by atoms with Gasteiger partial charge in [0.2, 0.25) is 0 Å². The zero-order valence-corrected chi connectivity index (χ0v) is 14.3. The second kappa shape index (κ2) is 11.3. The van der Waals surface area contributed by atoms with Crippen molar-refractivity contribution in [1.82, 2.24) is 5.32 Å². The second-order valence-electron chi connectivity index (χ2n) is 4.76. The van der Waals surface area contributed by atoms with Gasteiger partial charge < -0.3 is 15.8 Å². The van der Waals surface area contributed by atoms with Crippen molar-refractivity contribution >= 4 is 24.8 Å². The summed E-state index contributed by atoms with van der Waals surface area (Å²) in [5, 5.41) is 3.51. The molecule has 5 heteroatoms. The third-order valence-corrected chi connectivity index (χ3v) is 3.34. The molecule has 0 aliphatic carbocycles. The minimum absolute atomic E-state index is 0. The molecular formula is C17H24Cl2N2O. The number of rotatable bonds is 7. The van der Waals surface area contributed by atoms with Gasteiger partial charge in [0.1, 0.15) is 5.75 Å². The van der Waals surface area contributed by atoms with Crippen molar-refractivity contribution in [3.8, 4) is 5.75 Å². The molecule has 2 rings (SSSR count). The lowest BCUT2D eigenvalue weighted by molar-refractivity contribution is 0.414. The van der Waals surface area contributed by atoms with Crippen LogP contribution in [0.1, 0.15) is 17.2 Å². The second-order valence-corrected chi connectivity index (χ2v) is 4.76. The summed E-state index contributed by atoms with van der Waals surface area (Å²) in [6, 6.07) is 19.0.